The van der Waals surface area contributed by atoms with Crippen molar-refractivity contribution in [3.05, 3.63) is 36.7 Å². The van der Waals surface area contributed by atoms with Crippen molar-refractivity contribution in [2.75, 3.05) is 11.1 Å². The van der Waals surface area contributed by atoms with Gasteiger partial charge in [-0.05, 0) is 6.07 Å². The Bertz CT molecular complexity index is 505. The largest absolute Gasteiger partial charge is 0.397 e. The number of hydrogen-bond acceptors (Lipinski definition) is 4. The molecule has 2 aromatic rings. The summed E-state index contributed by atoms with van der Waals surface area (Å²) in [5, 5.41) is 2.67. The molecule has 0 saturated heterocycles. The molecule has 6 nitrogen and oxygen atoms in total. The zero-order valence-electron chi connectivity index (χ0n) is 8.71. The number of anilines is 2. The molecular formula is C10H11N5O. The van der Waals surface area contributed by atoms with Gasteiger partial charge in [-0.25, -0.2) is 9.97 Å². The monoisotopic (exact) mass is 217 g/mol. The van der Waals surface area contributed by atoms with Crippen LogP contribution in [0.15, 0.2) is 31.0 Å². The van der Waals surface area contributed by atoms with Crippen molar-refractivity contribution < 1.29 is 4.79 Å². The molecule has 0 saturated carbocycles. The molecule has 0 aliphatic carbocycles. The predicted molar refractivity (Wildman–Crippen MR) is 59.8 cm³/mol. The Labute approximate surface area is 92.1 Å². The van der Waals surface area contributed by atoms with Crippen LogP contribution in [0.3, 0.4) is 0 Å². The lowest BCUT2D eigenvalue weighted by atomic mass is 10.3. The maximum absolute atomic E-state index is 11.8. The fourth-order valence-electron chi connectivity index (χ4n) is 1.37. The van der Waals surface area contributed by atoms with E-state index in [4.69, 9.17) is 5.73 Å². The van der Waals surface area contributed by atoms with Gasteiger partial charge in [-0.1, -0.05) is 0 Å². The first-order valence-electron chi connectivity index (χ1n) is 4.65. The third-order valence-electron chi connectivity index (χ3n) is 2.08. The van der Waals surface area contributed by atoms with Gasteiger partial charge < -0.3 is 15.6 Å². The van der Waals surface area contributed by atoms with Crippen LogP contribution in [0.2, 0.25) is 0 Å². The number of rotatable bonds is 2. The second kappa shape index (κ2) is 4.01. The summed E-state index contributed by atoms with van der Waals surface area (Å²) in [7, 11) is 1.76. The van der Waals surface area contributed by atoms with Gasteiger partial charge in [0.15, 0.2) is 0 Å². The smallest absolute Gasteiger partial charge is 0.272 e. The first-order chi connectivity index (χ1) is 7.66. The molecule has 0 aromatic carbocycles. The minimum atomic E-state index is -0.242. The summed E-state index contributed by atoms with van der Waals surface area (Å²) < 4.78 is 1.66. The molecule has 82 valence electrons. The average molecular weight is 217 g/mol. The standard InChI is InChI=1S/C10H11N5O/c1-15-5-7(11)2-9(15)10(16)14-8-3-12-6-13-4-8/h2-6H,11H2,1H3,(H,14,16). The lowest BCUT2D eigenvalue weighted by Crippen LogP contribution is -2.15. The van der Waals surface area contributed by atoms with Crippen LogP contribution in [0.1, 0.15) is 10.5 Å². The van der Waals surface area contributed by atoms with Crippen molar-refractivity contribution >= 4 is 17.3 Å². The summed E-state index contributed by atoms with van der Waals surface area (Å²) in [6.07, 6.45) is 6.13. The molecule has 3 N–H and O–H groups in total. The van der Waals surface area contributed by atoms with Crippen molar-refractivity contribution in [1.29, 1.82) is 0 Å². The molecule has 16 heavy (non-hydrogen) atoms. The van der Waals surface area contributed by atoms with Crippen molar-refractivity contribution in [3.63, 3.8) is 0 Å². The van der Waals surface area contributed by atoms with Crippen molar-refractivity contribution in [2.45, 2.75) is 0 Å². The summed E-state index contributed by atoms with van der Waals surface area (Å²) in [6.45, 7) is 0. The Morgan fingerprint density at radius 2 is 2.12 bits per heavy atom. The lowest BCUT2D eigenvalue weighted by Gasteiger charge is -2.04. The van der Waals surface area contributed by atoms with E-state index in [0.29, 0.717) is 17.1 Å². The maximum atomic E-state index is 11.8. The summed E-state index contributed by atoms with van der Waals surface area (Å²) in [5.41, 5.74) is 7.17. The van der Waals surface area contributed by atoms with E-state index in [1.807, 2.05) is 0 Å². The van der Waals surface area contributed by atoms with Gasteiger partial charge in [0.2, 0.25) is 0 Å². The third kappa shape index (κ3) is 2.00. The van der Waals surface area contributed by atoms with Crippen molar-refractivity contribution in [2.24, 2.45) is 7.05 Å². The number of carbonyl (C=O) groups excluding carboxylic acids is 1. The van der Waals surface area contributed by atoms with Gasteiger partial charge in [-0.3, -0.25) is 4.79 Å². The summed E-state index contributed by atoms with van der Waals surface area (Å²) in [6, 6.07) is 1.61. The van der Waals surface area contributed by atoms with E-state index < -0.39 is 0 Å². The number of amides is 1. The van der Waals surface area contributed by atoms with Crippen LogP contribution >= 0.6 is 0 Å². The van der Waals surface area contributed by atoms with E-state index in [0.717, 1.165) is 0 Å². The Balaban J connectivity index is 2.18. The van der Waals surface area contributed by atoms with Gasteiger partial charge in [0.1, 0.15) is 12.0 Å². The molecule has 1 amide bonds. The molecule has 2 aromatic heterocycles. The van der Waals surface area contributed by atoms with E-state index in [1.165, 1.54) is 18.7 Å². The second-order valence-electron chi connectivity index (χ2n) is 3.35. The Morgan fingerprint density at radius 3 is 2.69 bits per heavy atom. The number of nitrogens with two attached hydrogens (primary N) is 1. The van der Waals surface area contributed by atoms with Crippen LogP contribution < -0.4 is 11.1 Å². The summed E-state index contributed by atoms with van der Waals surface area (Å²) >= 11 is 0. The number of carbonyl (C=O) groups is 1. The minimum Gasteiger partial charge on any atom is -0.397 e. The zero-order chi connectivity index (χ0) is 11.5. The quantitative estimate of drug-likeness (QED) is 0.773. The van der Waals surface area contributed by atoms with Crippen LogP contribution in [0.5, 0.6) is 0 Å². The number of nitrogen functional groups attached to an aromatic ring is 1. The third-order valence-corrected chi connectivity index (χ3v) is 2.08. The van der Waals surface area contributed by atoms with Gasteiger partial charge in [-0.15, -0.1) is 0 Å². The fraction of sp³-hybridized carbons (Fsp3) is 0.100. The molecule has 0 unspecified atom stereocenters. The van der Waals surface area contributed by atoms with Gasteiger partial charge in [0, 0.05) is 13.2 Å². The lowest BCUT2D eigenvalue weighted by molar-refractivity contribution is 0.101. The van der Waals surface area contributed by atoms with E-state index in [2.05, 4.69) is 15.3 Å². The van der Waals surface area contributed by atoms with Gasteiger partial charge in [-0.2, -0.15) is 0 Å². The van der Waals surface area contributed by atoms with Crippen LogP contribution in [-0.4, -0.2) is 20.4 Å². The van der Waals surface area contributed by atoms with Crippen LogP contribution in [0.4, 0.5) is 11.4 Å². The molecule has 0 atom stereocenters. The first-order valence-corrected chi connectivity index (χ1v) is 4.65. The number of nitrogens with zero attached hydrogens (tertiary/aromatic N) is 3. The van der Waals surface area contributed by atoms with Crippen molar-refractivity contribution in [3.8, 4) is 0 Å². The minimum absolute atomic E-state index is 0.242. The molecule has 6 heteroatoms. The highest BCUT2D eigenvalue weighted by Gasteiger charge is 2.10. The number of aromatic nitrogens is 3. The molecule has 0 fully saturated rings. The molecule has 0 aliphatic heterocycles. The van der Waals surface area contributed by atoms with Gasteiger partial charge in [0.25, 0.3) is 5.91 Å². The second-order valence-corrected chi connectivity index (χ2v) is 3.35. The van der Waals surface area contributed by atoms with Crippen LogP contribution in [0.25, 0.3) is 0 Å². The highest BCUT2D eigenvalue weighted by Crippen LogP contribution is 2.11. The van der Waals surface area contributed by atoms with E-state index >= 15 is 0 Å². The Hall–Kier alpha value is -2.37. The Morgan fingerprint density at radius 1 is 1.44 bits per heavy atom. The highest BCUT2D eigenvalue weighted by atomic mass is 16.1. The van der Waals surface area contributed by atoms with Gasteiger partial charge in [0.05, 0.1) is 23.8 Å². The molecule has 2 rings (SSSR count). The Kier molecular flexibility index (Phi) is 2.55. The number of nitrogens with one attached hydrogen (secondary N) is 1. The first kappa shape index (κ1) is 10.2. The predicted octanol–water partition coefficient (Wildman–Crippen LogP) is 0.650. The molecular weight excluding hydrogens is 206 g/mol. The molecule has 0 radical (unpaired) electrons. The van der Waals surface area contributed by atoms with E-state index in [1.54, 1.807) is 23.9 Å². The zero-order valence-corrected chi connectivity index (χ0v) is 8.71. The number of hydrogen-bond donors (Lipinski definition) is 2. The molecule has 0 spiro atoms. The van der Waals surface area contributed by atoms with E-state index in [-0.39, 0.29) is 5.91 Å². The van der Waals surface area contributed by atoms with E-state index in [9.17, 15) is 4.79 Å². The number of aryl methyl sites for hydroxylation is 1. The van der Waals surface area contributed by atoms with Gasteiger partial charge >= 0.3 is 0 Å². The van der Waals surface area contributed by atoms with Crippen LogP contribution in [0, 0.1) is 0 Å². The highest BCUT2D eigenvalue weighted by molar-refractivity contribution is 6.03. The average Bonchev–Trinajstić information content (AvgIpc) is 2.59. The molecule has 2 heterocycles. The maximum Gasteiger partial charge on any atom is 0.272 e. The normalized spacial score (nSPS) is 10.1. The van der Waals surface area contributed by atoms with Crippen LogP contribution in [-0.2, 0) is 7.05 Å². The molecule has 0 bridgehead atoms. The molecule has 0 aliphatic rings. The topological polar surface area (TPSA) is 85.8 Å². The summed E-state index contributed by atoms with van der Waals surface area (Å²) in [4.78, 5) is 19.4. The fourth-order valence-corrected chi connectivity index (χ4v) is 1.37. The summed E-state index contributed by atoms with van der Waals surface area (Å²) in [5.74, 6) is -0.242. The SMILES string of the molecule is Cn1cc(N)cc1C(=O)Nc1cncnc1. The van der Waals surface area contributed by atoms with Crippen molar-refractivity contribution in [1.82, 2.24) is 14.5 Å².